The van der Waals surface area contributed by atoms with Gasteiger partial charge < -0.3 is 15.5 Å². The number of rotatable bonds is 4. The summed E-state index contributed by atoms with van der Waals surface area (Å²) < 4.78 is 12.9. The van der Waals surface area contributed by atoms with Gasteiger partial charge in [0.05, 0.1) is 0 Å². The Morgan fingerprint density at radius 1 is 1.53 bits per heavy atom. The first-order valence-electron chi connectivity index (χ1n) is 5.37. The van der Waals surface area contributed by atoms with E-state index in [0.29, 0.717) is 0 Å². The van der Waals surface area contributed by atoms with Crippen LogP contribution in [0.1, 0.15) is 23.2 Å². The number of halogens is 1. The highest BCUT2D eigenvalue weighted by atomic mass is 19.1. The minimum atomic E-state index is -1.14. The first kappa shape index (κ1) is 11.8. The number of aliphatic hydroxyl groups is 1. The average molecular weight is 240 g/mol. The molecule has 0 atom stereocenters. The number of aromatic nitrogens is 1. The van der Waals surface area contributed by atoms with Crippen LogP contribution in [0.25, 0.3) is 0 Å². The minimum absolute atomic E-state index is 0.0427. The minimum Gasteiger partial charge on any atom is -0.478 e. The van der Waals surface area contributed by atoms with E-state index < -0.39 is 11.9 Å². The third kappa shape index (κ3) is 2.52. The summed E-state index contributed by atoms with van der Waals surface area (Å²) in [6, 6.07) is 2.26. The molecule has 1 aliphatic carbocycles. The molecule has 2 rings (SSSR count). The number of nitrogens with one attached hydrogen (secondary N) is 1. The van der Waals surface area contributed by atoms with Gasteiger partial charge in [-0.1, -0.05) is 0 Å². The molecule has 1 saturated carbocycles. The second-order valence-corrected chi connectivity index (χ2v) is 4.20. The predicted octanol–water partition coefficient (Wildman–Crippen LogP) is 1.10. The molecule has 92 valence electrons. The fourth-order valence-corrected chi connectivity index (χ4v) is 1.91. The van der Waals surface area contributed by atoms with E-state index in [1.165, 1.54) is 6.07 Å². The molecule has 0 unspecified atom stereocenters. The molecule has 0 saturated heterocycles. The maximum atomic E-state index is 12.9. The number of aliphatic hydroxyl groups excluding tert-OH is 1. The number of aromatic carboxylic acids is 1. The van der Waals surface area contributed by atoms with Crippen LogP contribution < -0.4 is 5.32 Å². The van der Waals surface area contributed by atoms with E-state index in [1.54, 1.807) is 0 Å². The van der Waals surface area contributed by atoms with Crippen LogP contribution in [0.4, 0.5) is 10.2 Å². The highest BCUT2D eigenvalue weighted by Crippen LogP contribution is 2.30. The molecule has 3 N–H and O–H groups in total. The third-order valence-corrected chi connectivity index (χ3v) is 2.93. The van der Waals surface area contributed by atoms with Crippen LogP contribution in [-0.4, -0.2) is 33.8 Å². The summed E-state index contributed by atoms with van der Waals surface area (Å²) >= 11 is 0. The number of carboxylic acids is 1. The Balaban J connectivity index is 2.09. The van der Waals surface area contributed by atoms with Crippen molar-refractivity contribution in [3.05, 3.63) is 23.6 Å². The van der Waals surface area contributed by atoms with Gasteiger partial charge in [-0.25, -0.2) is 9.78 Å². The van der Waals surface area contributed by atoms with E-state index in [1.807, 2.05) is 0 Å². The van der Waals surface area contributed by atoms with Gasteiger partial charge in [0.15, 0.2) is 0 Å². The van der Waals surface area contributed by atoms with Gasteiger partial charge in [0.2, 0.25) is 5.95 Å². The number of carboxylic acid groups (broad SMARTS) is 1. The van der Waals surface area contributed by atoms with Gasteiger partial charge in [-0.05, 0) is 30.9 Å². The van der Waals surface area contributed by atoms with Gasteiger partial charge >= 0.3 is 5.97 Å². The Morgan fingerprint density at radius 2 is 2.24 bits per heavy atom. The quantitative estimate of drug-likeness (QED) is 0.686. The number of anilines is 1. The molecule has 17 heavy (non-hydrogen) atoms. The molecular weight excluding hydrogens is 227 g/mol. The van der Waals surface area contributed by atoms with Gasteiger partial charge in [-0.2, -0.15) is 4.39 Å². The molecule has 0 amide bonds. The molecule has 1 heterocycles. The van der Waals surface area contributed by atoms with Crippen molar-refractivity contribution in [2.24, 2.45) is 5.92 Å². The number of pyridine rings is 1. The molecule has 1 aromatic heterocycles. The van der Waals surface area contributed by atoms with Crippen LogP contribution >= 0.6 is 0 Å². The van der Waals surface area contributed by atoms with Crippen molar-refractivity contribution < 1.29 is 19.4 Å². The second kappa shape index (κ2) is 4.67. The Kier molecular flexibility index (Phi) is 3.23. The highest BCUT2D eigenvalue weighted by Gasteiger charge is 2.29. The molecule has 6 heteroatoms. The Bertz CT molecular complexity index is 433. The van der Waals surface area contributed by atoms with Crippen molar-refractivity contribution in [1.29, 1.82) is 0 Å². The van der Waals surface area contributed by atoms with Crippen molar-refractivity contribution >= 4 is 11.8 Å². The topological polar surface area (TPSA) is 82.5 Å². The van der Waals surface area contributed by atoms with Gasteiger partial charge in [0, 0.05) is 12.6 Å². The standard InChI is InChI=1S/C11H13FN2O3/c12-9-2-1-8(11(16)17)10(14-9)13-7-3-6(4-7)5-15/h1-2,6-7,15H,3-5H2,(H,13,14)(H,16,17). The van der Waals surface area contributed by atoms with Crippen molar-refractivity contribution in [1.82, 2.24) is 4.98 Å². The number of hydrogen-bond acceptors (Lipinski definition) is 4. The Hall–Kier alpha value is -1.69. The number of nitrogens with zero attached hydrogens (tertiary/aromatic N) is 1. The normalized spacial score (nSPS) is 22.9. The summed E-state index contributed by atoms with van der Waals surface area (Å²) in [7, 11) is 0. The summed E-state index contributed by atoms with van der Waals surface area (Å²) in [5.74, 6) is -1.55. The van der Waals surface area contributed by atoms with E-state index in [2.05, 4.69) is 10.3 Å². The zero-order valence-corrected chi connectivity index (χ0v) is 9.06. The lowest BCUT2D eigenvalue weighted by Crippen LogP contribution is -2.37. The molecule has 0 aliphatic heterocycles. The van der Waals surface area contributed by atoms with Crippen LogP contribution in [-0.2, 0) is 0 Å². The number of carbonyl (C=O) groups is 1. The third-order valence-electron chi connectivity index (χ3n) is 2.93. The van der Waals surface area contributed by atoms with Crippen molar-refractivity contribution in [2.45, 2.75) is 18.9 Å². The molecule has 0 bridgehead atoms. The second-order valence-electron chi connectivity index (χ2n) is 4.20. The smallest absolute Gasteiger partial charge is 0.339 e. The summed E-state index contributed by atoms with van der Waals surface area (Å²) in [4.78, 5) is 14.4. The lowest BCUT2D eigenvalue weighted by molar-refractivity contribution is 0.0697. The van der Waals surface area contributed by atoms with Gasteiger partial charge in [0.25, 0.3) is 0 Å². The van der Waals surface area contributed by atoms with Crippen molar-refractivity contribution in [2.75, 3.05) is 11.9 Å². The number of hydrogen-bond donors (Lipinski definition) is 3. The molecule has 1 fully saturated rings. The average Bonchev–Trinajstić information content (AvgIpc) is 2.22. The molecule has 5 nitrogen and oxygen atoms in total. The van der Waals surface area contributed by atoms with E-state index in [9.17, 15) is 9.18 Å². The van der Waals surface area contributed by atoms with Gasteiger partial charge in [-0.15, -0.1) is 0 Å². The van der Waals surface area contributed by atoms with E-state index in [-0.39, 0.29) is 29.9 Å². The molecule has 0 spiro atoms. The largest absolute Gasteiger partial charge is 0.478 e. The fourth-order valence-electron chi connectivity index (χ4n) is 1.91. The molecule has 1 aliphatic rings. The van der Waals surface area contributed by atoms with Gasteiger partial charge in [-0.3, -0.25) is 0 Å². The monoisotopic (exact) mass is 240 g/mol. The zero-order valence-electron chi connectivity index (χ0n) is 9.06. The molecule has 0 radical (unpaired) electrons. The summed E-state index contributed by atoms with van der Waals surface area (Å²) in [6.07, 6.45) is 1.49. The predicted molar refractivity (Wildman–Crippen MR) is 58.4 cm³/mol. The first-order valence-corrected chi connectivity index (χ1v) is 5.37. The van der Waals surface area contributed by atoms with Crippen LogP contribution in [0.3, 0.4) is 0 Å². The summed E-state index contributed by atoms with van der Waals surface area (Å²) in [6.45, 7) is 0.126. The van der Waals surface area contributed by atoms with Crippen LogP contribution in [0.2, 0.25) is 0 Å². The van der Waals surface area contributed by atoms with Crippen LogP contribution in [0.15, 0.2) is 12.1 Å². The summed E-state index contributed by atoms with van der Waals surface area (Å²) in [5, 5.41) is 20.7. The van der Waals surface area contributed by atoms with E-state index in [0.717, 1.165) is 18.9 Å². The van der Waals surface area contributed by atoms with Crippen LogP contribution in [0.5, 0.6) is 0 Å². The van der Waals surface area contributed by atoms with E-state index in [4.69, 9.17) is 10.2 Å². The lowest BCUT2D eigenvalue weighted by atomic mass is 9.81. The Morgan fingerprint density at radius 3 is 2.82 bits per heavy atom. The van der Waals surface area contributed by atoms with Crippen molar-refractivity contribution in [3.63, 3.8) is 0 Å². The fraction of sp³-hybridized carbons (Fsp3) is 0.455. The first-order chi connectivity index (χ1) is 8.10. The SMILES string of the molecule is O=C(O)c1ccc(F)nc1NC1CC(CO)C1. The molecular formula is C11H13FN2O3. The molecule has 0 aromatic carbocycles. The van der Waals surface area contributed by atoms with Gasteiger partial charge in [0.1, 0.15) is 11.4 Å². The molecule has 1 aromatic rings. The maximum Gasteiger partial charge on any atom is 0.339 e. The van der Waals surface area contributed by atoms with Crippen molar-refractivity contribution in [3.8, 4) is 0 Å². The maximum absolute atomic E-state index is 12.9. The van der Waals surface area contributed by atoms with Crippen LogP contribution in [0, 0.1) is 11.9 Å². The highest BCUT2D eigenvalue weighted by molar-refractivity contribution is 5.93. The summed E-state index contributed by atoms with van der Waals surface area (Å²) in [5.41, 5.74) is -0.0427. The van der Waals surface area contributed by atoms with E-state index >= 15 is 0 Å². The zero-order chi connectivity index (χ0) is 12.4. The Labute approximate surface area is 97.3 Å². The lowest BCUT2D eigenvalue weighted by Gasteiger charge is -2.35.